The van der Waals surface area contributed by atoms with Crippen LogP contribution in [-0.2, 0) is 16.6 Å². The van der Waals surface area contributed by atoms with Gasteiger partial charge in [-0.25, -0.2) is 0 Å². The van der Waals surface area contributed by atoms with E-state index >= 15 is 0 Å². The molecule has 2 aromatic carbocycles. The molecular formula is C25H27N5O4S. The topological polar surface area (TPSA) is 106 Å². The molecule has 6 rings (SSSR count). The van der Waals surface area contributed by atoms with Gasteiger partial charge in [-0.05, 0) is 66.6 Å². The lowest BCUT2D eigenvalue weighted by Crippen LogP contribution is -2.25. The van der Waals surface area contributed by atoms with Gasteiger partial charge in [0.2, 0.25) is 6.79 Å². The zero-order valence-electron chi connectivity index (χ0n) is 19.1. The monoisotopic (exact) mass is 493 g/mol. The van der Waals surface area contributed by atoms with Gasteiger partial charge in [0.25, 0.3) is 10.0 Å². The lowest BCUT2D eigenvalue weighted by atomic mass is 10.0. The van der Waals surface area contributed by atoms with Crippen LogP contribution in [0.5, 0.6) is 11.5 Å². The molecule has 1 aliphatic carbocycles. The third kappa shape index (κ3) is 4.76. The summed E-state index contributed by atoms with van der Waals surface area (Å²) < 4.78 is 38.5. The molecule has 1 aromatic heterocycles. The van der Waals surface area contributed by atoms with Gasteiger partial charge in [0, 0.05) is 31.4 Å². The second-order valence-electron chi connectivity index (χ2n) is 9.44. The molecule has 2 N–H and O–H groups in total. The first-order valence-electron chi connectivity index (χ1n) is 11.8. The average Bonchev–Trinajstić information content (AvgIpc) is 3.55. The summed E-state index contributed by atoms with van der Waals surface area (Å²) in [7, 11) is -3.78. The Morgan fingerprint density at radius 3 is 2.43 bits per heavy atom. The molecule has 0 spiro atoms. The molecule has 10 heteroatoms. The highest BCUT2D eigenvalue weighted by molar-refractivity contribution is 7.92. The maximum atomic E-state index is 12.6. The Morgan fingerprint density at radius 1 is 0.914 bits per heavy atom. The Hall–Kier alpha value is -3.37. The van der Waals surface area contributed by atoms with Crippen molar-refractivity contribution < 1.29 is 17.9 Å². The minimum atomic E-state index is -3.78. The summed E-state index contributed by atoms with van der Waals surface area (Å²) in [6.45, 7) is 3.37. The summed E-state index contributed by atoms with van der Waals surface area (Å²) in [6.07, 6.45) is 2.14. The molecule has 1 saturated heterocycles. The van der Waals surface area contributed by atoms with E-state index in [9.17, 15) is 8.42 Å². The highest BCUT2D eigenvalue weighted by Gasteiger charge is 2.41. The second-order valence-corrected chi connectivity index (χ2v) is 11.1. The van der Waals surface area contributed by atoms with Gasteiger partial charge in [-0.2, -0.15) is 8.42 Å². The molecule has 2 aliphatic heterocycles. The van der Waals surface area contributed by atoms with Crippen LogP contribution in [0.25, 0.3) is 0 Å². The van der Waals surface area contributed by atoms with E-state index in [1.807, 2.05) is 12.1 Å². The number of anilines is 2. The quantitative estimate of drug-likeness (QED) is 0.516. The Kier molecular flexibility index (Phi) is 5.69. The van der Waals surface area contributed by atoms with E-state index in [4.69, 9.17) is 9.47 Å². The van der Waals surface area contributed by atoms with Crippen molar-refractivity contribution >= 4 is 21.5 Å². The molecule has 3 aliphatic rings. The number of para-hydroxylation sites is 1. The van der Waals surface area contributed by atoms with Crippen LogP contribution in [-0.4, -0.2) is 49.4 Å². The summed E-state index contributed by atoms with van der Waals surface area (Å²) in [5.74, 6) is 3.54. The van der Waals surface area contributed by atoms with Crippen molar-refractivity contribution in [3.63, 3.8) is 0 Å². The van der Waals surface area contributed by atoms with Crippen molar-refractivity contribution in [1.29, 1.82) is 0 Å². The first-order chi connectivity index (χ1) is 17.0. The molecule has 35 heavy (non-hydrogen) atoms. The second kappa shape index (κ2) is 9.01. The largest absolute Gasteiger partial charge is 0.454 e. The molecule has 3 aromatic rings. The number of rotatable bonds is 7. The van der Waals surface area contributed by atoms with E-state index in [0.717, 1.165) is 44.0 Å². The fraction of sp³-hybridized carbons (Fsp3) is 0.360. The molecule has 0 unspecified atom stereocenters. The number of aromatic nitrogens is 2. The summed E-state index contributed by atoms with van der Waals surface area (Å²) in [6, 6.07) is 18.4. The van der Waals surface area contributed by atoms with Gasteiger partial charge in [0.05, 0.1) is 0 Å². The van der Waals surface area contributed by atoms with Gasteiger partial charge in [-0.15, -0.1) is 10.2 Å². The number of hydrogen-bond donors (Lipinski definition) is 2. The van der Waals surface area contributed by atoms with Crippen LogP contribution >= 0.6 is 0 Å². The molecule has 0 bridgehead atoms. The van der Waals surface area contributed by atoms with Gasteiger partial charge in [-0.1, -0.05) is 24.3 Å². The Morgan fingerprint density at radius 2 is 1.69 bits per heavy atom. The van der Waals surface area contributed by atoms with Crippen LogP contribution in [0.15, 0.2) is 65.7 Å². The molecule has 1 saturated carbocycles. The van der Waals surface area contributed by atoms with E-state index in [-0.39, 0.29) is 5.03 Å². The number of sulfonamides is 1. The molecule has 3 heterocycles. The number of benzene rings is 2. The Bertz CT molecular complexity index is 1290. The number of nitrogens with one attached hydrogen (secondary N) is 2. The van der Waals surface area contributed by atoms with Crippen LogP contribution in [0, 0.1) is 11.8 Å². The third-order valence-corrected chi connectivity index (χ3v) is 8.24. The van der Waals surface area contributed by atoms with Gasteiger partial charge in [-0.3, -0.25) is 9.62 Å². The molecule has 0 amide bonds. The van der Waals surface area contributed by atoms with Crippen molar-refractivity contribution in [2.75, 3.05) is 29.9 Å². The highest BCUT2D eigenvalue weighted by atomic mass is 32.2. The lowest BCUT2D eigenvalue weighted by Gasteiger charge is -2.20. The van der Waals surface area contributed by atoms with E-state index in [1.165, 1.54) is 11.6 Å². The summed E-state index contributed by atoms with van der Waals surface area (Å²) in [5.41, 5.74) is 1.73. The van der Waals surface area contributed by atoms with Gasteiger partial charge >= 0.3 is 0 Å². The fourth-order valence-corrected chi connectivity index (χ4v) is 6.35. The molecule has 0 radical (unpaired) electrons. The van der Waals surface area contributed by atoms with Gasteiger partial charge in [0.15, 0.2) is 16.5 Å². The molecule has 182 valence electrons. The zero-order chi connectivity index (χ0) is 23.8. The predicted molar refractivity (Wildman–Crippen MR) is 131 cm³/mol. The summed E-state index contributed by atoms with van der Waals surface area (Å²) >= 11 is 0. The minimum Gasteiger partial charge on any atom is -0.454 e. The SMILES string of the molecule is O=S(=O)(Nc1ccccc1)c1ccc(N[C@@H]2C[C@@H]3CN(Cc4ccc5c(c4)OCO5)C[C@@H]3C2)nn1. The van der Waals surface area contributed by atoms with Crippen molar-refractivity contribution in [2.24, 2.45) is 11.8 Å². The van der Waals surface area contributed by atoms with Crippen LogP contribution in [0.2, 0.25) is 0 Å². The standard InChI is InChI=1S/C25H27N5O4S/c31-35(32,29-20-4-2-1-3-5-20)25-9-8-24(27-28-25)26-21-11-18-14-30(15-19(18)12-21)13-17-6-7-22-23(10-17)34-16-33-22/h1-10,18-19,21,29H,11-16H2,(H,26,27)/t18-,19+,21-. The van der Waals surface area contributed by atoms with Crippen molar-refractivity contribution in [3.05, 3.63) is 66.2 Å². The van der Waals surface area contributed by atoms with Crippen LogP contribution < -0.4 is 19.5 Å². The lowest BCUT2D eigenvalue weighted by molar-refractivity contribution is 0.174. The molecule has 2 fully saturated rings. The van der Waals surface area contributed by atoms with E-state index in [1.54, 1.807) is 30.3 Å². The maximum absolute atomic E-state index is 12.6. The predicted octanol–water partition coefficient (Wildman–Crippen LogP) is 3.33. The number of likely N-dealkylation sites (tertiary alicyclic amines) is 1. The van der Waals surface area contributed by atoms with Gasteiger partial charge < -0.3 is 14.8 Å². The van der Waals surface area contributed by atoms with E-state index in [0.29, 0.717) is 36.2 Å². The number of hydrogen-bond acceptors (Lipinski definition) is 8. The van der Waals surface area contributed by atoms with E-state index in [2.05, 4.69) is 37.3 Å². The van der Waals surface area contributed by atoms with Crippen molar-refractivity contribution in [3.8, 4) is 11.5 Å². The average molecular weight is 494 g/mol. The third-order valence-electron chi connectivity index (χ3n) is 6.96. The minimum absolute atomic E-state index is 0.102. The highest BCUT2D eigenvalue weighted by Crippen LogP contribution is 2.40. The molecular weight excluding hydrogens is 466 g/mol. The number of ether oxygens (including phenoxy) is 2. The Balaban J connectivity index is 1.02. The number of fused-ring (bicyclic) bond motifs is 2. The number of nitrogens with zero attached hydrogens (tertiary/aromatic N) is 3. The first-order valence-corrected chi connectivity index (χ1v) is 13.3. The van der Waals surface area contributed by atoms with Gasteiger partial charge in [0.1, 0.15) is 5.82 Å². The van der Waals surface area contributed by atoms with Crippen LogP contribution in [0.4, 0.5) is 11.5 Å². The molecule has 3 atom stereocenters. The van der Waals surface area contributed by atoms with E-state index < -0.39 is 10.0 Å². The zero-order valence-corrected chi connectivity index (χ0v) is 19.9. The normalized spacial score (nSPS) is 23.3. The first kappa shape index (κ1) is 22.1. The maximum Gasteiger partial charge on any atom is 0.281 e. The Labute approximate surface area is 204 Å². The van der Waals surface area contributed by atoms with Crippen LogP contribution in [0.3, 0.4) is 0 Å². The smallest absolute Gasteiger partial charge is 0.281 e. The van der Waals surface area contributed by atoms with Crippen molar-refractivity contribution in [1.82, 2.24) is 15.1 Å². The van der Waals surface area contributed by atoms with Crippen molar-refractivity contribution in [2.45, 2.75) is 30.5 Å². The fourth-order valence-electron chi connectivity index (χ4n) is 5.40. The summed E-state index contributed by atoms with van der Waals surface area (Å²) in [5, 5.41) is 11.4. The van der Waals surface area contributed by atoms with Crippen LogP contribution in [0.1, 0.15) is 18.4 Å². The summed E-state index contributed by atoms with van der Waals surface area (Å²) in [4.78, 5) is 2.52. The molecule has 9 nitrogen and oxygen atoms in total.